The fraction of sp³-hybridized carbons (Fsp3) is 0.333. The first-order chi connectivity index (χ1) is 10.0. The molecular formula is C18H21BrO2. The van der Waals surface area contributed by atoms with E-state index >= 15 is 0 Å². The van der Waals surface area contributed by atoms with Crippen LogP contribution in [-0.4, -0.2) is 11.7 Å². The maximum atomic E-state index is 9.28. The van der Waals surface area contributed by atoms with Gasteiger partial charge in [0.2, 0.25) is 0 Å². The Hall–Kier alpha value is -1.32. The van der Waals surface area contributed by atoms with Gasteiger partial charge < -0.3 is 9.84 Å². The van der Waals surface area contributed by atoms with Gasteiger partial charge in [0.1, 0.15) is 12.4 Å². The number of hydrogen-bond donors (Lipinski definition) is 1. The molecule has 0 saturated heterocycles. The SMILES string of the molecule is CC(C)(CCO)c1cc(Br)ccc1OCc1ccccc1. The predicted molar refractivity (Wildman–Crippen MR) is 89.6 cm³/mol. The van der Waals surface area contributed by atoms with Crippen molar-refractivity contribution in [1.82, 2.24) is 0 Å². The van der Waals surface area contributed by atoms with Gasteiger partial charge >= 0.3 is 0 Å². The summed E-state index contributed by atoms with van der Waals surface area (Å²) in [5.41, 5.74) is 2.12. The summed E-state index contributed by atoms with van der Waals surface area (Å²) in [5.74, 6) is 0.875. The van der Waals surface area contributed by atoms with E-state index in [4.69, 9.17) is 4.74 Å². The molecule has 0 fully saturated rings. The van der Waals surface area contributed by atoms with Crippen LogP contribution in [0.25, 0.3) is 0 Å². The minimum atomic E-state index is -0.134. The van der Waals surface area contributed by atoms with Crippen LogP contribution in [-0.2, 0) is 12.0 Å². The van der Waals surface area contributed by atoms with Gasteiger partial charge in [0.05, 0.1) is 0 Å². The topological polar surface area (TPSA) is 29.5 Å². The van der Waals surface area contributed by atoms with E-state index in [0.717, 1.165) is 21.3 Å². The molecule has 3 heteroatoms. The van der Waals surface area contributed by atoms with Gasteiger partial charge in [-0.1, -0.05) is 60.1 Å². The Morgan fingerprint density at radius 3 is 2.48 bits per heavy atom. The summed E-state index contributed by atoms with van der Waals surface area (Å²) in [6.07, 6.45) is 0.700. The maximum Gasteiger partial charge on any atom is 0.123 e. The van der Waals surface area contributed by atoms with Gasteiger partial charge in [0.25, 0.3) is 0 Å². The third kappa shape index (κ3) is 4.32. The number of benzene rings is 2. The van der Waals surface area contributed by atoms with Crippen LogP contribution >= 0.6 is 15.9 Å². The van der Waals surface area contributed by atoms with Gasteiger partial charge in [-0.3, -0.25) is 0 Å². The van der Waals surface area contributed by atoms with Crippen LogP contribution in [0.4, 0.5) is 0 Å². The summed E-state index contributed by atoms with van der Waals surface area (Å²) >= 11 is 3.52. The molecule has 112 valence electrons. The molecule has 0 aliphatic carbocycles. The lowest BCUT2D eigenvalue weighted by atomic mass is 9.81. The van der Waals surface area contributed by atoms with E-state index in [1.807, 2.05) is 30.3 Å². The first kappa shape index (κ1) is 16.1. The largest absolute Gasteiger partial charge is 0.489 e. The predicted octanol–water partition coefficient (Wildman–Crippen LogP) is 4.69. The molecule has 0 unspecified atom stereocenters. The molecule has 2 rings (SSSR count). The second-order valence-corrected chi connectivity index (χ2v) is 6.69. The number of hydrogen-bond acceptors (Lipinski definition) is 2. The van der Waals surface area contributed by atoms with Gasteiger partial charge in [-0.25, -0.2) is 0 Å². The molecule has 0 bridgehead atoms. The standard InChI is InChI=1S/C18H21BrO2/c1-18(2,10-11-20)16-12-15(19)8-9-17(16)21-13-14-6-4-3-5-7-14/h3-9,12,20H,10-11,13H2,1-2H3. The van der Waals surface area contributed by atoms with Crippen molar-refractivity contribution in [2.45, 2.75) is 32.3 Å². The quantitative estimate of drug-likeness (QED) is 0.820. The maximum absolute atomic E-state index is 9.28. The van der Waals surface area contributed by atoms with Crippen molar-refractivity contribution in [2.24, 2.45) is 0 Å². The van der Waals surface area contributed by atoms with Crippen LogP contribution in [0.2, 0.25) is 0 Å². The summed E-state index contributed by atoms with van der Waals surface area (Å²) in [6.45, 7) is 4.96. The fourth-order valence-electron chi connectivity index (χ4n) is 2.31. The highest BCUT2D eigenvalue weighted by molar-refractivity contribution is 9.10. The summed E-state index contributed by atoms with van der Waals surface area (Å²) in [5, 5.41) is 9.28. The first-order valence-corrected chi connectivity index (χ1v) is 7.90. The highest BCUT2D eigenvalue weighted by Gasteiger charge is 2.24. The molecule has 0 amide bonds. The zero-order valence-electron chi connectivity index (χ0n) is 12.5. The number of halogens is 1. The van der Waals surface area contributed by atoms with Crippen molar-refractivity contribution in [3.05, 3.63) is 64.1 Å². The summed E-state index contributed by atoms with van der Waals surface area (Å²) in [6, 6.07) is 16.2. The lowest BCUT2D eigenvalue weighted by molar-refractivity contribution is 0.245. The minimum absolute atomic E-state index is 0.134. The zero-order chi connectivity index (χ0) is 15.3. The van der Waals surface area contributed by atoms with E-state index in [9.17, 15) is 5.11 Å². The molecule has 0 heterocycles. The molecular weight excluding hydrogens is 328 g/mol. The average Bonchev–Trinajstić information content (AvgIpc) is 2.47. The molecule has 21 heavy (non-hydrogen) atoms. The van der Waals surface area contributed by atoms with Crippen LogP contribution < -0.4 is 4.74 Å². The van der Waals surface area contributed by atoms with Gasteiger partial charge in [-0.15, -0.1) is 0 Å². The van der Waals surface area contributed by atoms with Crippen molar-refractivity contribution in [3.8, 4) is 5.75 Å². The number of aliphatic hydroxyl groups excluding tert-OH is 1. The Morgan fingerprint density at radius 1 is 1.10 bits per heavy atom. The lowest BCUT2D eigenvalue weighted by Gasteiger charge is -2.27. The van der Waals surface area contributed by atoms with Crippen LogP contribution in [0.1, 0.15) is 31.4 Å². The van der Waals surface area contributed by atoms with Crippen LogP contribution in [0, 0.1) is 0 Å². The third-order valence-corrected chi connectivity index (χ3v) is 4.14. The van der Waals surface area contributed by atoms with Crippen molar-refractivity contribution < 1.29 is 9.84 Å². The smallest absolute Gasteiger partial charge is 0.123 e. The Morgan fingerprint density at radius 2 is 1.81 bits per heavy atom. The van der Waals surface area contributed by atoms with E-state index in [1.165, 1.54) is 0 Å². The Balaban J connectivity index is 2.23. The van der Waals surface area contributed by atoms with Crippen LogP contribution in [0.15, 0.2) is 53.0 Å². The highest BCUT2D eigenvalue weighted by Crippen LogP contribution is 2.36. The minimum Gasteiger partial charge on any atom is -0.489 e. The van der Waals surface area contributed by atoms with Gasteiger partial charge in [0.15, 0.2) is 0 Å². The van der Waals surface area contributed by atoms with Gasteiger partial charge in [-0.05, 0) is 35.6 Å². The van der Waals surface area contributed by atoms with E-state index < -0.39 is 0 Å². The zero-order valence-corrected chi connectivity index (χ0v) is 14.1. The molecule has 0 spiro atoms. The molecule has 2 nitrogen and oxygen atoms in total. The summed E-state index contributed by atoms with van der Waals surface area (Å²) in [4.78, 5) is 0. The summed E-state index contributed by atoms with van der Waals surface area (Å²) < 4.78 is 7.03. The van der Waals surface area contributed by atoms with Crippen LogP contribution in [0.3, 0.4) is 0 Å². The molecule has 0 aliphatic heterocycles. The van der Waals surface area contributed by atoms with Crippen LogP contribution in [0.5, 0.6) is 5.75 Å². The van der Waals surface area contributed by atoms with E-state index in [2.05, 4.69) is 48.0 Å². The highest BCUT2D eigenvalue weighted by atomic mass is 79.9. The Bertz CT molecular complexity index is 579. The summed E-state index contributed by atoms with van der Waals surface area (Å²) in [7, 11) is 0. The van der Waals surface area contributed by atoms with Crippen molar-refractivity contribution in [2.75, 3.05) is 6.61 Å². The molecule has 0 aliphatic rings. The van der Waals surface area contributed by atoms with Crippen molar-refractivity contribution in [3.63, 3.8) is 0 Å². The molecule has 0 saturated carbocycles. The normalized spacial score (nSPS) is 11.4. The third-order valence-electron chi connectivity index (χ3n) is 3.64. The van der Waals surface area contributed by atoms with E-state index in [1.54, 1.807) is 0 Å². The molecule has 1 N–H and O–H groups in total. The molecule has 2 aromatic carbocycles. The van der Waals surface area contributed by atoms with E-state index in [-0.39, 0.29) is 12.0 Å². The number of rotatable bonds is 6. The van der Waals surface area contributed by atoms with E-state index in [0.29, 0.717) is 13.0 Å². The monoisotopic (exact) mass is 348 g/mol. The Labute approximate surface area is 134 Å². The molecule has 0 radical (unpaired) electrons. The molecule has 2 aromatic rings. The van der Waals surface area contributed by atoms with Gasteiger partial charge in [-0.2, -0.15) is 0 Å². The van der Waals surface area contributed by atoms with Crippen molar-refractivity contribution >= 4 is 15.9 Å². The Kier molecular flexibility index (Phi) is 5.43. The molecule has 0 aromatic heterocycles. The number of ether oxygens (including phenoxy) is 1. The average molecular weight is 349 g/mol. The lowest BCUT2D eigenvalue weighted by Crippen LogP contribution is -2.20. The van der Waals surface area contributed by atoms with Gasteiger partial charge in [0, 0.05) is 16.6 Å². The fourth-order valence-corrected chi connectivity index (χ4v) is 2.67. The first-order valence-electron chi connectivity index (χ1n) is 7.10. The number of aliphatic hydroxyl groups is 1. The second-order valence-electron chi connectivity index (χ2n) is 5.77. The van der Waals surface area contributed by atoms with Crippen molar-refractivity contribution in [1.29, 1.82) is 0 Å². The molecule has 0 atom stereocenters. The second kappa shape index (κ2) is 7.10.